The predicted molar refractivity (Wildman–Crippen MR) is 42.7 cm³/mol. The van der Waals surface area contributed by atoms with E-state index in [0.717, 1.165) is 0 Å². The summed E-state index contributed by atoms with van der Waals surface area (Å²) in [4.78, 5) is 2.78. The predicted octanol–water partition coefficient (Wildman–Crippen LogP) is 3.19. The van der Waals surface area contributed by atoms with E-state index in [9.17, 15) is 0 Å². The minimum absolute atomic E-state index is 1.39. The van der Waals surface area contributed by atoms with Crippen molar-refractivity contribution in [1.29, 1.82) is 0 Å². The Morgan fingerprint density at radius 2 is 1.38 bits per heavy atom. The molecule has 2 heteroatoms. The van der Waals surface area contributed by atoms with Crippen molar-refractivity contribution in [2.24, 2.45) is 0 Å². The maximum Gasteiger partial charge on any atom is -0.00727 e. The Balaban J connectivity index is 2.54. The van der Waals surface area contributed by atoms with Crippen molar-refractivity contribution in [1.82, 2.24) is 0 Å². The zero-order valence-electron chi connectivity index (χ0n) is 4.97. The molecule has 8 heavy (non-hydrogen) atoms. The summed E-state index contributed by atoms with van der Waals surface area (Å²) < 4.78 is 0. The van der Waals surface area contributed by atoms with Crippen LogP contribution in [-0.2, 0) is 0 Å². The first-order valence-corrected chi connectivity index (χ1v) is 4.22. The lowest BCUT2D eigenvalue weighted by atomic mass is 10.7. The van der Waals surface area contributed by atoms with Crippen molar-refractivity contribution in [3.63, 3.8) is 0 Å². The quantitative estimate of drug-likeness (QED) is 0.512. The number of hydrogen-bond donors (Lipinski definition) is 0. The monoisotopic (exact) mass is 144 g/mol. The average molecular weight is 144 g/mol. The van der Waals surface area contributed by atoms with Crippen molar-refractivity contribution in [2.75, 3.05) is 0 Å². The van der Waals surface area contributed by atoms with Gasteiger partial charge in [0, 0.05) is 0 Å². The molecule has 0 saturated heterocycles. The first kappa shape index (κ1) is 6.30. The van der Waals surface area contributed by atoms with Crippen LogP contribution in [0, 0.1) is 0 Å². The smallest absolute Gasteiger partial charge is 0.00727 e. The fourth-order valence-electron chi connectivity index (χ4n) is 0.407. The average Bonchev–Trinajstić information content (AvgIpc) is 1.77. The molecule has 0 aromatic carbocycles. The van der Waals surface area contributed by atoms with Gasteiger partial charge in [-0.3, -0.25) is 0 Å². The van der Waals surface area contributed by atoms with Gasteiger partial charge in [0.25, 0.3) is 0 Å². The first-order valence-electron chi connectivity index (χ1n) is 2.46. The van der Waals surface area contributed by atoms with Crippen molar-refractivity contribution >= 4 is 23.5 Å². The van der Waals surface area contributed by atoms with Crippen LogP contribution in [0.1, 0.15) is 13.8 Å². The van der Waals surface area contributed by atoms with Gasteiger partial charge in [-0.1, -0.05) is 0 Å². The van der Waals surface area contributed by atoms with E-state index in [-0.39, 0.29) is 0 Å². The molecule has 0 bridgehead atoms. The Morgan fingerprint density at radius 1 is 1.00 bits per heavy atom. The molecule has 0 radical (unpaired) electrons. The lowest BCUT2D eigenvalue weighted by molar-refractivity contribution is 1.68. The maximum absolute atomic E-state index is 2.18. The lowest BCUT2D eigenvalue weighted by Gasteiger charge is -2.03. The van der Waals surface area contributed by atoms with E-state index in [2.05, 4.69) is 24.7 Å². The maximum atomic E-state index is 2.18. The van der Waals surface area contributed by atoms with Crippen LogP contribution in [-0.4, -0.2) is 0 Å². The van der Waals surface area contributed by atoms with Gasteiger partial charge in [-0.05, 0) is 34.5 Å². The zero-order valence-corrected chi connectivity index (χ0v) is 6.60. The SMILES string of the molecule is CC1=CSC(C)=CS1. The molecule has 0 spiro atoms. The largest absolute Gasteiger partial charge is 0.101 e. The molecule has 0 saturated carbocycles. The van der Waals surface area contributed by atoms with Gasteiger partial charge in [0.15, 0.2) is 0 Å². The highest BCUT2D eigenvalue weighted by molar-refractivity contribution is 8.12. The van der Waals surface area contributed by atoms with Crippen LogP contribution in [0.25, 0.3) is 0 Å². The summed E-state index contributed by atoms with van der Waals surface area (Å²) in [6.45, 7) is 4.25. The molecule has 1 rings (SSSR count). The van der Waals surface area contributed by atoms with Gasteiger partial charge in [0.2, 0.25) is 0 Å². The van der Waals surface area contributed by atoms with Crippen molar-refractivity contribution < 1.29 is 0 Å². The van der Waals surface area contributed by atoms with Crippen LogP contribution in [0.15, 0.2) is 20.6 Å². The standard InChI is InChI=1S/C6H8S2/c1-5-3-8-6(2)4-7-5/h3-4H,1-2H3. The highest BCUT2D eigenvalue weighted by atomic mass is 32.2. The normalized spacial score (nSPS) is 19.8. The number of allylic oxidation sites excluding steroid dienone is 2. The topological polar surface area (TPSA) is 0 Å². The van der Waals surface area contributed by atoms with Gasteiger partial charge in [-0.2, -0.15) is 0 Å². The molecule has 0 atom stereocenters. The molecule has 0 aromatic rings. The molecule has 0 N–H and O–H groups in total. The summed E-state index contributed by atoms with van der Waals surface area (Å²) in [7, 11) is 0. The van der Waals surface area contributed by atoms with Gasteiger partial charge in [0.1, 0.15) is 0 Å². The Kier molecular flexibility index (Phi) is 2.08. The number of thioether (sulfide) groups is 2. The Labute approximate surface area is 58.4 Å². The molecule has 0 aliphatic carbocycles. The fourth-order valence-corrected chi connectivity index (χ4v) is 1.84. The number of rotatable bonds is 0. The van der Waals surface area contributed by atoms with Gasteiger partial charge in [-0.25, -0.2) is 0 Å². The summed E-state index contributed by atoms with van der Waals surface area (Å²) in [5.74, 6) is 0. The number of hydrogen-bond acceptors (Lipinski definition) is 2. The third kappa shape index (κ3) is 1.60. The highest BCUT2D eigenvalue weighted by Crippen LogP contribution is 2.32. The molecule has 0 unspecified atom stereocenters. The summed E-state index contributed by atoms with van der Waals surface area (Å²) in [5.41, 5.74) is 0. The highest BCUT2D eigenvalue weighted by Gasteiger charge is 1.95. The molecular weight excluding hydrogens is 136 g/mol. The van der Waals surface area contributed by atoms with Crippen LogP contribution in [0.2, 0.25) is 0 Å². The zero-order chi connectivity index (χ0) is 5.98. The van der Waals surface area contributed by atoms with Crippen molar-refractivity contribution in [3.8, 4) is 0 Å². The summed E-state index contributed by atoms with van der Waals surface area (Å²) in [6.07, 6.45) is 0. The molecule has 0 aromatic heterocycles. The Morgan fingerprint density at radius 3 is 1.62 bits per heavy atom. The van der Waals surface area contributed by atoms with Crippen LogP contribution in [0.3, 0.4) is 0 Å². The summed E-state index contributed by atoms with van der Waals surface area (Å²) in [5, 5.41) is 4.36. The molecule has 1 aliphatic heterocycles. The lowest BCUT2D eigenvalue weighted by Crippen LogP contribution is -1.70. The van der Waals surface area contributed by atoms with E-state index >= 15 is 0 Å². The molecule has 44 valence electrons. The second-order valence-corrected chi connectivity index (χ2v) is 3.92. The van der Waals surface area contributed by atoms with Crippen LogP contribution < -0.4 is 0 Å². The van der Waals surface area contributed by atoms with E-state index in [1.165, 1.54) is 9.81 Å². The summed E-state index contributed by atoms with van der Waals surface area (Å²) in [6, 6.07) is 0. The van der Waals surface area contributed by atoms with Gasteiger partial charge in [-0.15, -0.1) is 23.5 Å². The van der Waals surface area contributed by atoms with Crippen LogP contribution >= 0.6 is 23.5 Å². The van der Waals surface area contributed by atoms with Gasteiger partial charge in [0.05, 0.1) is 0 Å². The Hall–Kier alpha value is 0.180. The first-order chi connectivity index (χ1) is 3.79. The molecular formula is C6H8S2. The van der Waals surface area contributed by atoms with E-state index in [0.29, 0.717) is 0 Å². The van der Waals surface area contributed by atoms with Crippen molar-refractivity contribution in [3.05, 3.63) is 20.6 Å². The molecule has 0 fully saturated rings. The molecule has 0 nitrogen and oxygen atoms in total. The fraction of sp³-hybridized carbons (Fsp3) is 0.333. The second-order valence-electron chi connectivity index (χ2n) is 1.69. The van der Waals surface area contributed by atoms with E-state index in [4.69, 9.17) is 0 Å². The van der Waals surface area contributed by atoms with E-state index in [1.54, 1.807) is 23.5 Å². The van der Waals surface area contributed by atoms with Crippen LogP contribution in [0.4, 0.5) is 0 Å². The molecule has 0 amide bonds. The summed E-state index contributed by atoms with van der Waals surface area (Å²) >= 11 is 3.61. The van der Waals surface area contributed by atoms with Gasteiger partial charge >= 0.3 is 0 Å². The van der Waals surface area contributed by atoms with E-state index < -0.39 is 0 Å². The third-order valence-electron chi connectivity index (χ3n) is 0.822. The minimum Gasteiger partial charge on any atom is -0.101 e. The van der Waals surface area contributed by atoms with Crippen molar-refractivity contribution in [2.45, 2.75) is 13.8 Å². The Bertz CT molecular complexity index is 127. The molecule has 1 aliphatic rings. The third-order valence-corrected chi connectivity index (χ3v) is 3.04. The minimum atomic E-state index is 1.39. The van der Waals surface area contributed by atoms with Crippen LogP contribution in [0.5, 0.6) is 0 Å². The van der Waals surface area contributed by atoms with E-state index in [1.807, 2.05) is 0 Å². The molecule has 1 heterocycles. The second kappa shape index (κ2) is 2.65. The van der Waals surface area contributed by atoms with Gasteiger partial charge < -0.3 is 0 Å².